The molecule has 0 saturated carbocycles. The van der Waals surface area contributed by atoms with Crippen LogP contribution in [0, 0.1) is 13.8 Å². The van der Waals surface area contributed by atoms with Crippen LogP contribution >= 0.6 is 23.2 Å². The highest BCUT2D eigenvalue weighted by atomic mass is 35.5. The smallest absolute Gasteiger partial charge is 0.255 e. The zero-order chi connectivity index (χ0) is 18.4. The molecule has 0 bridgehead atoms. The summed E-state index contributed by atoms with van der Waals surface area (Å²) < 4.78 is 5.67. The van der Waals surface area contributed by atoms with Crippen molar-refractivity contribution in [3.63, 3.8) is 0 Å². The summed E-state index contributed by atoms with van der Waals surface area (Å²) in [6.07, 6.45) is 3.14. The number of anilines is 1. The number of ether oxygens (including phenoxy) is 1. The molecule has 2 aromatic carbocycles. The van der Waals surface area contributed by atoms with Gasteiger partial charge in [-0.25, -0.2) is 0 Å². The van der Waals surface area contributed by atoms with Gasteiger partial charge in [-0.2, -0.15) is 0 Å². The van der Waals surface area contributed by atoms with Gasteiger partial charge in [0, 0.05) is 11.3 Å². The summed E-state index contributed by atoms with van der Waals surface area (Å²) in [5.41, 5.74) is 3.21. The Morgan fingerprint density at radius 2 is 1.68 bits per heavy atom. The van der Waals surface area contributed by atoms with Gasteiger partial charge in [0.15, 0.2) is 5.75 Å². The SMILES string of the molecule is CCCCCOc1c(Cl)cc(C(=O)Nc2c(C)cccc2C)cc1Cl. The Labute approximate surface area is 159 Å². The lowest BCUT2D eigenvalue weighted by atomic mass is 10.1. The Morgan fingerprint density at radius 3 is 2.24 bits per heavy atom. The standard InChI is InChI=1S/C20H23Cl2NO2/c1-4-5-6-10-25-19-16(21)11-15(12-17(19)22)20(24)23-18-13(2)8-7-9-14(18)3/h7-9,11-12H,4-6,10H2,1-3H3,(H,23,24). The monoisotopic (exact) mass is 379 g/mol. The molecule has 0 saturated heterocycles. The first kappa shape index (κ1) is 19.6. The van der Waals surface area contributed by atoms with Crippen LogP contribution in [0.4, 0.5) is 5.69 Å². The first-order valence-corrected chi connectivity index (χ1v) is 9.19. The fraction of sp³-hybridized carbons (Fsp3) is 0.350. The van der Waals surface area contributed by atoms with Crippen molar-refractivity contribution in [1.29, 1.82) is 0 Å². The van der Waals surface area contributed by atoms with E-state index in [1.54, 1.807) is 12.1 Å². The van der Waals surface area contributed by atoms with Crippen LogP contribution in [0.1, 0.15) is 47.7 Å². The number of aryl methyl sites for hydroxylation is 2. The molecule has 1 N–H and O–H groups in total. The molecule has 0 aliphatic heterocycles. The first-order valence-electron chi connectivity index (χ1n) is 8.43. The summed E-state index contributed by atoms with van der Waals surface area (Å²) in [6, 6.07) is 9.04. The molecule has 2 rings (SSSR count). The van der Waals surface area contributed by atoms with Gasteiger partial charge in [-0.15, -0.1) is 0 Å². The summed E-state index contributed by atoms with van der Waals surface area (Å²) in [5, 5.41) is 3.62. The van der Waals surface area contributed by atoms with Gasteiger partial charge < -0.3 is 10.1 Å². The van der Waals surface area contributed by atoms with E-state index in [0.29, 0.717) is 28.0 Å². The van der Waals surface area contributed by atoms with Crippen molar-refractivity contribution in [1.82, 2.24) is 0 Å². The van der Waals surface area contributed by atoms with Crippen molar-refractivity contribution < 1.29 is 9.53 Å². The van der Waals surface area contributed by atoms with Gasteiger partial charge in [0.25, 0.3) is 5.91 Å². The van der Waals surface area contributed by atoms with E-state index in [9.17, 15) is 4.79 Å². The van der Waals surface area contributed by atoms with Crippen molar-refractivity contribution in [2.75, 3.05) is 11.9 Å². The normalized spacial score (nSPS) is 10.6. The van der Waals surface area contributed by atoms with E-state index < -0.39 is 0 Å². The van der Waals surface area contributed by atoms with Crippen LogP contribution in [0.15, 0.2) is 30.3 Å². The molecule has 0 aromatic heterocycles. The van der Waals surface area contributed by atoms with Crippen LogP contribution in [0.25, 0.3) is 0 Å². The third-order valence-corrected chi connectivity index (χ3v) is 4.54. The Morgan fingerprint density at radius 1 is 1.08 bits per heavy atom. The highest BCUT2D eigenvalue weighted by Crippen LogP contribution is 2.35. The molecule has 0 radical (unpaired) electrons. The number of unbranched alkanes of at least 4 members (excludes halogenated alkanes) is 2. The summed E-state index contributed by atoms with van der Waals surface area (Å²) in [5.74, 6) is 0.182. The Bertz CT molecular complexity index is 716. The highest BCUT2D eigenvalue weighted by molar-refractivity contribution is 6.37. The number of carbonyl (C=O) groups is 1. The first-order chi connectivity index (χ1) is 11.9. The topological polar surface area (TPSA) is 38.3 Å². The average molecular weight is 380 g/mol. The molecule has 25 heavy (non-hydrogen) atoms. The summed E-state index contributed by atoms with van der Waals surface area (Å²) in [7, 11) is 0. The molecule has 0 unspecified atom stereocenters. The number of benzene rings is 2. The largest absolute Gasteiger partial charge is 0.490 e. The van der Waals surface area contributed by atoms with Crippen molar-refractivity contribution in [3.8, 4) is 5.75 Å². The molecule has 0 aliphatic carbocycles. The number of hydrogen-bond acceptors (Lipinski definition) is 2. The molecule has 0 fully saturated rings. The quantitative estimate of drug-likeness (QED) is 0.562. The molecule has 0 atom stereocenters. The maximum atomic E-state index is 12.6. The fourth-order valence-electron chi connectivity index (χ4n) is 2.55. The molecule has 0 aliphatic rings. The van der Waals surface area contributed by atoms with E-state index in [1.165, 1.54) is 0 Å². The Kier molecular flexibility index (Phi) is 7.15. The van der Waals surface area contributed by atoms with Gasteiger partial charge >= 0.3 is 0 Å². The maximum Gasteiger partial charge on any atom is 0.255 e. The predicted molar refractivity (Wildman–Crippen MR) is 105 cm³/mol. The number of amides is 1. The minimum absolute atomic E-state index is 0.251. The zero-order valence-electron chi connectivity index (χ0n) is 14.8. The van der Waals surface area contributed by atoms with Crippen molar-refractivity contribution >= 4 is 34.8 Å². The minimum atomic E-state index is -0.251. The predicted octanol–water partition coefficient (Wildman–Crippen LogP) is 6.43. The second-order valence-corrected chi connectivity index (χ2v) is 6.86. The Balaban J connectivity index is 2.15. The second kappa shape index (κ2) is 9.12. The molecule has 5 heteroatoms. The maximum absolute atomic E-state index is 12.6. The van der Waals surface area contributed by atoms with E-state index in [-0.39, 0.29) is 5.91 Å². The van der Waals surface area contributed by atoms with Gasteiger partial charge in [0.1, 0.15) is 0 Å². The van der Waals surface area contributed by atoms with E-state index >= 15 is 0 Å². The third kappa shape index (κ3) is 5.13. The van der Waals surface area contributed by atoms with Gasteiger partial charge in [-0.3, -0.25) is 4.79 Å². The molecule has 3 nitrogen and oxygen atoms in total. The average Bonchev–Trinajstić information content (AvgIpc) is 2.56. The lowest BCUT2D eigenvalue weighted by molar-refractivity contribution is 0.102. The molecular weight excluding hydrogens is 357 g/mol. The number of hydrogen-bond donors (Lipinski definition) is 1. The summed E-state index contributed by atoms with van der Waals surface area (Å²) >= 11 is 12.5. The lowest BCUT2D eigenvalue weighted by Gasteiger charge is -2.14. The second-order valence-electron chi connectivity index (χ2n) is 6.05. The Hall–Kier alpha value is -1.71. The number of carbonyl (C=O) groups excluding carboxylic acids is 1. The lowest BCUT2D eigenvalue weighted by Crippen LogP contribution is -2.14. The molecule has 0 spiro atoms. The highest BCUT2D eigenvalue weighted by Gasteiger charge is 2.15. The van der Waals surface area contributed by atoms with Crippen molar-refractivity contribution in [2.45, 2.75) is 40.0 Å². The van der Waals surface area contributed by atoms with Crippen LogP contribution in [-0.2, 0) is 0 Å². The van der Waals surface area contributed by atoms with Gasteiger partial charge in [-0.1, -0.05) is 61.2 Å². The van der Waals surface area contributed by atoms with E-state index in [2.05, 4.69) is 12.2 Å². The van der Waals surface area contributed by atoms with E-state index in [4.69, 9.17) is 27.9 Å². The van der Waals surface area contributed by atoms with Crippen molar-refractivity contribution in [3.05, 3.63) is 57.1 Å². The van der Waals surface area contributed by atoms with Crippen molar-refractivity contribution in [2.24, 2.45) is 0 Å². The van der Waals surface area contributed by atoms with Crippen LogP contribution < -0.4 is 10.1 Å². The van der Waals surface area contributed by atoms with E-state index in [1.807, 2.05) is 32.0 Å². The van der Waals surface area contributed by atoms with Crippen LogP contribution in [0.3, 0.4) is 0 Å². The molecular formula is C20H23Cl2NO2. The van der Waals surface area contributed by atoms with Crippen LogP contribution in [-0.4, -0.2) is 12.5 Å². The van der Waals surface area contributed by atoms with Gasteiger partial charge in [-0.05, 0) is 43.5 Å². The summed E-state index contributed by atoms with van der Waals surface area (Å²) in [6.45, 7) is 6.59. The van der Waals surface area contributed by atoms with Gasteiger partial charge in [0.2, 0.25) is 0 Å². The van der Waals surface area contributed by atoms with E-state index in [0.717, 1.165) is 36.1 Å². The molecule has 2 aromatic rings. The van der Waals surface area contributed by atoms with Crippen LogP contribution in [0.2, 0.25) is 10.0 Å². The molecule has 0 heterocycles. The minimum Gasteiger partial charge on any atom is -0.490 e. The number of halogens is 2. The summed E-state index contributed by atoms with van der Waals surface area (Å²) in [4.78, 5) is 12.6. The zero-order valence-corrected chi connectivity index (χ0v) is 16.3. The third-order valence-electron chi connectivity index (χ3n) is 3.97. The van der Waals surface area contributed by atoms with Gasteiger partial charge in [0.05, 0.1) is 16.7 Å². The number of nitrogens with one attached hydrogen (secondary N) is 1. The number of rotatable bonds is 7. The number of para-hydroxylation sites is 1. The van der Waals surface area contributed by atoms with Crippen LogP contribution in [0.5, 0.6) is 5.75 Å². The molecule has 134 valence electrons. The molecule has 1 amide bonds. The fourth-order valence-corrected chi connectivity index (χ4v) is 3.15.